The molecule has 68 heavy (non-hydrogen) atoms. The van der Waals surface area contributed by atoms with Crippen molar-refractivity contribution in [1.29, 1.82) is 0 Å². The number of fused-ring (bicyclic) bond motifs is 10. The lowest BCUT2D eigenvalue weighted by Crippen LogP contribution is -2.28. The number of para-hydroxylation sites is 3. The van der Waals surface area contributed by atoms with Crippen LogP contribution in [0.3, 0.4) is 0 Å². The van der Waals surface area contributed by atoms with Crippen molar-refractivity contribution < 1.29 is 8.83 Å². The summed E-state index contributed by atoms with van der Waals surface area (Å²) in [5.74, 6) is 0. The number of nitrogens with zero attached hydrogens (tertiary/aromatic N) is 1. The molecule has 3 nitrogen and oxygen atoms in total. The van der Waals surface area contributed by atoms with Crippen LogP contribution in [0.15, 0.2) is 258 Å². The molecule has 13 aromatic rings. The molecule has 0 unspecified atom stereocenters. The number of hydrogen-bond donors (Lipinski definition) is 0. The molecule has 0 amide bonds. The molecule has 318 valence electrons. The smallest absolute Gasteiger partial charge is 0.143 e. The molecule has 0 bridgehead atoms. The topological polar surface area (TPSA) is 29.5 Å². The van der Waals surface area contributed by atoms with Gasteiger partial charge in [0.25, 0.3) is 0 Å². The molecule has 0 aliphatic heterocycles. The molecule has 0 fully saturated rings. The van der Waals surface area contributed by atoms with Crippen LogP contribution >= 0.6 is 0 Å². The summed E-state index contributed by atoms with van der Waals surface area (Å²) in [5.41, 5.74) is 17.9. The van der Waals surface area contributed by atoms with E-state index in [0.29, 0.717) is 0 Å². The Kier molecular flexibility index (Phi) is 8.50. The van der Waals surface area contributed by atoms with E-state index >= 15 is 0 Å². The van der Waals surface area contributed by atoms with Gasteiger partial charge in [0.1, 0.15) is 22.3 Å². The summed E-state index contributed by atoms with van der Waals surface area (Å²) in [5, 5.41) is 6.82. The number of furan rings is 2. The Labute approximate surface area is 393 Å². The molecule has 2 aromatic heterocycles. The van der Waals surface area contributed by atoms with Gasteiger partial charge in [-0.05, 0) is 104 Å². The fraction of sp³-hybridized carbons (Fsp3) is 0.0154. The third-order valence-electron chi connectivity index (χ3n) is 14.3. The molecular weight excluding hydrogens is 827 g/mol. The zero-order valence-corrected chi connectivity index (χ0v) is 36.9. The van der Waals surface area contributed by atoms with Gasteiger partial charge in [0.05, 0.1) is 16.8 Å². The number of anilines is 3. The second kappa shape index (κ2) is 15.1. The Hall–Kier alpha value is -8.92. The minimum absolute atomic E-state index is 0.557. The highest BCUT2D eigenvalue weighted by atomic mass is 16.3. The Bertz CT molecular complexity index is 4050. The lowest BCUT2D eigenvalue weighted by atomic mass is 9.68. The second-order valence-electron chi connectivity index (χ2n) is 17.9. The van der Waals surface area contributed by atoms with Crippen LogP contribution in [0.2, 0.25) is 0 Å². The van der Waals surface area contributed by atoms with Crippen molar-refractivity contribution in [3.05, 3.63) is 271 Å². The quantitative estimate of drug-likeness (QED) is 0.160. The molecule has 0 spiro atoms. The molecule has 3 heteroatoms. The Morgan fingerprint density at radius 3 is 1.71 bits per heavy atom. The summed E-state index contributed by atoms with van der Waals surface area (Å²) >= 11 is 0. The first-order valence-electron chi connectivity index (χ1n) is 23.3. The SMILES string of the molecule is c1ccc(C2(c3ccccc3)c3ccccc3-c3c(N(c4ccc(-c5ccc6c(c5)oc5ccccc56)cc4)c4ccccc4-c4cccc5c4oc4cc6ccccc6cc45)cccc32)cc1. The minimum atomic E-state index is -0.557. The van der Waals surface area contributed by atoms with Crippen molar-refractivity contribution in [2.75, 3.05) is 4.90 Å². The summed E-state index contributed by atoms with van der Waals surface area (Å²) in [7, 11) is 0. The molecule has 0 saturated heterocycles. The van der Waals surface area contributed by atoms with Gasteiger partial charge in [0, 0.05) is 43.9 Å². The monoisotopic (exact) mass is 867 g/mol. The van der Waals surface area contributed by atoms with Gasteiger partial charge < -0.3 is 13.7 Å². The van der Waals surface area contributed by atoms with E-state index in [9.17, 15) is 0 Å². The van der Waals surface area contributed by atoms with Gasteiger partial charge in [-0.1, -0.05) is 194 Å². The van der Waals surface area contributed by atoms with Gasteiger partial charge in [0.15, 0.2) is 0 Å². The van der Waals surface area contributed by atoms with Crippen LogP contribution in [-0.2, 0) is 5.41 Å². The van der Waals surface area contributed by atoms with Crippen molar-refractivity contribution in [2.24, 2.45) is 0 Å². The summed E-state index contributed by atoms with van der Waals surface area (Å²) < 4.78 is 13.3. The van der Waals surface area contributed by atoms with Gasteiger partial charge >= 0.3 is 0 Å². The number of rotatable bonds is 7. The zero-order valence-electron chi connectivity index (χ0n) is 36.9. The maximum absolute atomic E-state index is 6.93. The molecule has 0 atom stereocenters. The van der Waals surface area contributed by atoms with Gasteiger partial charge in [0.2, 0.25) is 0 Å². The van der Waals surface area contributed by atoms with Crippen LogP contribution < -0.4 is 4.90 Å². The van der Waals surface area contributed by atoms with E-state index in [1.54, 1.807) is 0 Å². The average Bonchev–Trinajstić information content (AvgIpc) is 4.07. The number of hydrogen-bond acceptors (Lipinski definition) is 3. The zero-order chi connectivity index (χ0) is 44.8. The first-order valence-corrected chi connectivity index (χ1v) is 23.3. The average molecular weight is 868 g/mol. The molecule has 0 N–H and O–H groups in total. The summed E-state index contributed by atoms with van der Waals surface area (Å²) in [4.78, 5) is 2.47. The molecule has 1 aliphatic carbocycles. The highest BCUT2D eigenvalue weighted by Gasteiger charge is 2.47. The molecule has 2 heterocycles. The van der Waals surface area contributed by atoms with Gasteiger partial charge in [-0.3, -0.25) is 0 Å². The molecule has 0 saturated carbocycles. The summed E-state index contributed by atoms with van der Waals surface area (Å²) in [6.45, 7) is 0. The van der Waals surface area contributed by atoms with Crippen LogP contribution in [0, 0.1) is 0 Å². The predicted octanol–water partition coefficient (Wildman–Crippen LogP) is 17.8. The highest BCUT2D eigenvalue weighted by Crippen LogP contribution is 2.60. The molecule has 1 aliphatic rings. The normalized spacial score (nSPS) is 12.8. The molecule has 14 rings (SSSR count). The van der Waals surface area contributed by atoms with E-state index in [2.05, 4.69) is 241 Å². The van der Waals surface area contributed by atoms with Crippen LogP contribution in [-0.4, -0.2) is 0 Å². The Morgan fingerprint density at radius 2 is 0.897 bits per heavy atom. The second-order valence-corrected chi connectivity index (χ2v) is 17.9. The van der Waals surface area contributed by atoms with Crippen LogP contribution in [0.25, 0.3) is 88.0 Å². The van der Waals surface area contributed by atoms with E-state index < -0.39 is 5.41 Å². The Balaban J connectivity index is 1.01. The summed E-state index contributed by atoms with van der Waals surface area (Å²) in [6.07, 6.45) is 0. The van der Waals surface area contributed by atoms with E-state index in [-0.39, 0.29) is 0 Å². The fourth-order valence-electron chi connectivity index (χ4n) is 11.4. The van der Waals surface area contributed by atoms with Crippen LogP contribution in [0.5, 0.6) is 0 Å². The maximum atomic E-state index is 6.93. The van der Waals surface area contributed by atoms with E-state index in [1.165, 1.54) is 38.8 Å². The molecular formula is C65H41NO2. The predicted molar refractivity (Wildman–Crippen MR) is 281 cm³/mol. The fourth-order valence-corrected chi connectivity index (χ4v) is 11.4. The minimum Gasteiger partial charge on any atom is -0.456 e. The molecule has 0 radical (unpaired) electrons. The van der Waals surface area contributed by atoms with Crippen LogP contribution in [0.4, 0.5) is 17.1 Å². The Morgan fingerprint density at radius 1 is 0.324 bits per heavy atom. The van der Waals surface area contributed by atoms with Crippen LogP contribution in [0.1, 0.15) is 22.3 Å². The van der Waals surface area contributed by atoms with Crippen molar-refractivity contribution in [1.82, 2.24) is 0 Å². The van der Waals surface area contributed by atoms with Gasteiger partial charge in [-0.25, -0.2) is 0 Å². The van der Waals surface area contributed by atoms with Gasteiger partial charge in [-0.2, -0.15) is 0 Å². The van der Waals surface area contributed by atoms with Crippen molar-refractivity contribution >= 4 is 71.7 Å². The third kappa shape index (κ3) is 5.66. The molecule has 11 aromatic carbocycles. The first-order chi connectivity index (χ1) is 33.7. The van der Waals surface area contributed by atoms with Gasteiger partial charge in [-0.15, -0.1) is 0 Å². The van der Waals surface area contributed by atoms with E-state index in [1.807, 2.05) is 12.1 Å². The van der Waals surface area contributed by atoms with Crippen molar-refractivity contribution in [2.45, 2.75) is 5.41 Å². The lowest BCUT2D eigenvalue weighted by molar-refractivity contribution is 0.669. The first kappa shape index (κ1) is 38.4. The largest absolute Gasteiger partial charge is 0.456 e. The third-order valence-corrected chi connectivity index (χ3v) is 14.3. The maximum Gasteiger partial charge on any atom is 0.143 e. The van der Waals surface area contributed by atoms with E-state index in [0.717, 1.165) is 88.6 Å². The van der Waals surface area contributed by atoms with Crippen molar-refractivity contribution in [3.63, 3.8) is 0 Å². The highest BCUT2D eigenvalue weighted by molar-refractivity contribution is 6.14. The van der Waals surface area contributed by atoms with Crippen molar-refractivity contribution in [3.8, 4) is 33.4 Å². The number of benzene rings is 11. The summed E-state index contributed by atoms with van der Waals surface area (Å²) in [6, 6.07) is 90.1. The lowest BCUT2D eigenvalue weighted by Gasteiger charge is -2.34. The standard InChI is InChI=1S/C65H41NO2/c1-3-19-46(20-4-1)65(47-21-5-2-6-22-47)56-28-12-9-25-54(56)63-57(65)29-16-31-59(63)66(48-36-33-42(34-37-48)45-35-38-51-50-24-11-14-32-60(50)67-61(51)41-45)58-30-13-10-23-49(58)52-26-15-27-53-55-39-43-17-7-8-18-44(43)40-62(55)68-64(52)53/h1-41H. The van der Waals surface area contributed by atoms with E-state index in [4.69, 9.17) is 8.83 Å².